The zero-order valence-corrected chi connectivity index (χ0v) is 9.19. The molecule has 2 heteroatoms. The molecule has 0 saturated heterocycles. The van der Waals surface area contributed by atoms with Crippen LogP contribution in [-0.2, 0) is 0 Å². The van der Waals surface area contributed by atoms with Crippen LogP contribution in [-0.4, -0.2) is 22.4 Å². The van der Waals surface area contributed by atoms with E-state index in [-0.39, 0.29) is 18.1 Å². The molecule has 0 aromatic heterocycles. The van der Waals surface area contributed by atoms with E-state index in [2.05, 4.69) is 13.8 Å². The van der Waals surface area contributed by atoms with E-state index in [0.29, 0.717) is 17.8 Å². The standard InChI is InChI=1S/C12H22O2/c1-3-8-6-9-5-4-7(2)11(13)10(9)12(8)14/h7-14H,3-6H2,1-2H3/t7-,8+,9?,10?,11?,12?/m0/s1. The first kappa shape index (κ1) is 10.4. The molecule has 0 spiro atoms. The van der Waals surface area contributed by atoms with E-state index in [1.165, 1.54) is 6.42 Å². The van der Waals surface area contributed by atoms with Crippen LogP contribution in [0.2, 0.25) is 0 Å². The van der Waals surface area contributed by atoms with E-state index in [0.717, 1.165) is 19.3 Å². The third-order valence-electron chi connectivity index (χ3n) is 4.52. The number of fused-ring (bicyclic) bond motifs is 1. The van der Waals surface area contributed by atoms with Crippen molar-refractivity contribution < 1.29 is 10.2 Å². The normalized spacial score (nSPS) is 53.1. The van der Waals surface area contributed by atoms with Gasteiger partial charge in [0.2, 0.25) is 0 Å². The van der Waals surface area contributed by atoms with Crippen LogP contribution in [0, 0.1) is 23.7 Å². The maximum Gasteiger partial charge on any atom is 0.0623 e. The van der Waals surface area contributed by atoms with E-state index in [1.54, 1.807) is 0 Å². The Morgan fingerprint density at radius 3 is 2.50 bits per heavy atom. The Hall–Kier alpha value is -0.0800. The molecular weight excluding hydrogens is 176 g/mol. The van der Waals surface area contributed by atoms with Gasteiger partial charge in [-0.1, -0.05) is 20.3 Å². The fourth-order valence-corrected chi connectivity index (χ4v) is 3.50. The van der Waals surface area contributed by atoms with Gasteiger partial charge in [-0.2, -0.15) is 0 Å². The van der Waals surface area contributed by atoms with Crippen molar-refractivity contribution in [3.05, 3.63) is 0 Å². The van der Waals surface area contributed by atoms with Crippen LogP contribution >= 0.6 is 0 Å². The molecule has 2 fully saturated rings. The lowest BCUT2D eigenvalue weighted by molar-refractivity contribution is -0.0488. The van der Waals surface area contributed by atoms with Crippen molar-refractivity contribution in [2.45, 2.75) is 51.7 Å². The summed E-state index contributed by atoms with van der Waals surface area (Å²) in [6, 6.07) is 0. The van der Waals surface area contributed by atoms with Crippen LogP contribution in [0.1, 0.15) is 39.5 Å². The predicted molar refractivity (Wildman–Crippen MR) is 55.8 cm³/mol. The smallest absolute Gasteiger partial charge is 0.0623 e. The summed E-state index contributed by atoms with van der Waals surface area (Å²) in [6.07, 6.45) is 4.01. The quantitative estimate of drug-likeness (QED) is 0.674. The van der Waals surface area contributed by atoms with Gasteiger partial charge in [0.25, 0.3) is 0 Å². The minimum Gasteiger partial charge on any atom is -0.392 e. The Morgan fingerprint density at radius 1 is 1.14 bits per heavy atom. The summed E-state index contributed by atoms with van der Waals surface area (Å²) >= 11 is 0. The van der Waals surface area contributed by atoms with Crippen LogP contribution in [0.3, 0.4) is 0 Å². The van der Waals surface area contributed by atoms with Crippen molar-refractivity contribution in [3.63, 3.8) is 0 Å². The van der Waals surface area contributed by atoms with Crippen molar-refractivity contribution in [1.82, 2.24) is 0 Å². The third kappa shape index (κ3) is 1.49. The molecule has 2 nitrogen and oxygen atoms in total. The van der Waals surface area contributed by atoms with E-state index < -0.39 is 0 Å². The summed E-state index contributed by atoms with van der Waals surface area (Å²) in [5.41, 5.74) is 0. The Morgan fingerprint density at radius 2 is 1.86 bits per heavy atom. The predicted octanol–water partition coefficient (Wildman–Crippen LogP) is 1.80. The second-order valence-electron chi connectivity index (χ2n) is 5.28. The minimum absolute atomic E-state index is 0.170. The first-order valence-corrected chi connectivity index (χ1v) is 6.01. The van der Waals surface area contributed by atoms with Gasteiger partial charge in [-0.15, -0.1) is 0 Å². The highest BCUT2D eigenvalue weighted by atomic mass is 16.3. The van der Waals surface area contributed by atoms with Crippen molar-refractivity contribution >= 4 is 0 Å². The van der Waals surface area contributed by atoms with Gasteiger partial charge in [0.1, 0.15) is 0 Å². The third-order valence-corrected chi connectivity index (χ3v) is 4.52. The van der Waals surface area contributed by atoms with E-state index >= 15 is 0 Å². The lowest BCUT2D eigenvalue weighted by Gasteiger charge is -2.36. The Kier molecular flexibility index (Phi) is 2.85. The first-order valence-electron chi connectivity index (χ1n) is 6.01. The van der Waals surface area contributed by atoms with Crippen LogP contribution < -0.4 is 0 Å². The summed E-state index contributed by atoms with van der Waals surface area (Å²) in [5, 5.41) is 20.2. The molecule has 6 atom stereocenters. The van der Waals surface area contributed by atoms with Crippen LogP contribution in [0.5, 0.6) is 0 Å². The molecule has 2 aliphatic carbocycles. The number of hydrogen-bond acceptors (Lipinski definition) is 2. The topological polar surface area (TPSA) is 40.5 Å². The first-order chi connectivity index (χ1) is 6.65. The molecule has 4 unspecified atom stereocenters. The van der Waals surface area contributed by atoms with Gasteiger partial charge in [-0.3, -0.25) is 0 Å². The Balaban J connectivity index is 2.12. The second kappa shape index (κ2) is 3.82. The van der Waals surface area contributed by atoms with Crippen LogP contribution in [0.15, 0.2) is 0 Å². The lowest BCUT2D eigenvalue weighted by atomic mass is 9.73. The number of rotatable bonds is 1. The summed E-state index contributed by atoms with van der Waals surface area (Å²) < 4.78 is 0. The fourth-order valence-electron chi connectivity index (χ4n) is 3.50. The summed E-state index contributed by atoms with van der Waals surface area (Å²) in [5.74, 6) is 1.57. The van der Waals surface area contributed by atoms with Gasteiger partial charge < -0.3 is 10.2 Å². The van der Waals surface area contributed by atoms with Crippen LogP contribution in [0.25, 0.3) is 0 Å². The number of aliphatic hydroxyl groups excluding tert-OH is 2. The highest BCUT2D eigenvalue weighted by Crippen LogP contribution is 2.47. The molecule has 0 amide bonds. The van der Waals surface area contributed by atoms with Gasteiger partial charge in [0, 0.05) is 5.92 Å². The number of hydrogen-bond donors (Lipinski definition) is 2. The SMILES string of the molecule is CC[C@@H]1CC2CC[C@H](C)C(O)C2C1O. The molecule has 0 aromatic carbocycles. The molecule has 14 heavy (non-hydrogen) atoms. The summed E-state index contributed by atoms with van der Waals surface area (Å²) in [7, 11) is 0. The zero-order valence-electron chi connectivity index (χ0n) is 9.19. The van der Waals surface area contributed by atoms with E-state index in [9.17, 15) is 10.2 Å². The maximum absolute atomic E-state index is 10.1. The highest BCUT2D eigenvalue weighted by molar-refractivity contribution is 4.98. The van der Waals surface area contributed by atoms with Gasteiger partial charge in [0.15, 0.2) is 0 Å². The van der Waals surface area contributed by atoms with Gasteiger partial charge >= 0.3 is 0 Å². The molecule has 0 bridgehead atoms. The Labute approximate surface area is 86.3 Å². The molecule has 0 aromatic rings. The maximum atomic E-state index is 10.1. The fraction of sp³-hybridized carbons (Fsp3) is 1.00. The van der Waals surface area contributed by atoms with E-state index in [4.69, 9.17) is 0 Å². The molecule has 0 aliphatic heterocycles. The molecule has 2 saturated carbocycles. The number of aliphatic hydroxyl groups is 2. The largest absolute Gasteiger partial charge is 0.392 e. The average Bonchev–Trinajstić information content (AvgIpc) is 2.50. The van der Waals surface area contributed by atoms with Crippen molar-refractivity contribution in [2.75, 3.05) is 0 Å². The lowest BCUT2D eigenvalue weighted by Crippen LogP contribution is -2.41. The average molecular weight is 198 g/mol. The molecule has 0 radical (unpaired) electrons. The second-order valence-corrected chi connectivity index (χ2v) is 5.28. The van der Waals surface area contributed by atoms with Crippen molar-refractivity contribution in [3.8, 4) is 0 Å². The molecular formula is C12H22O2. The van der Waals surface area contributed by atoms with E-state index in [1.807, 2.05) is 0 Å². The zero-order chi connectivity index (χ0) is 10.3. The highest BCUT2D eigenvalue weighted by Gasteiger charge is 2.48. The molecule has 0 heterocycles. The molecule has 2 aliphatic rings. The van der Waals surface area contributed by atoms with Gasteiger partial charge in [0.05, 0.1) is 12.2 Å². The summed E-state index contributed by atoms with van der Waals surface area (Å²) in [6.45, 7) is 4.24. The molecule has 82 valence electrons. The molecule has 2 rings (SSSR count). The van der Waals surface area contributed by atoms with Crippen LogP contribution in [0.4, 0.5) is 0 Å². The molecule has 2 N–H and O–H groups in total. The van der Waals surface area contributed by atoms with Gasteiger partial charge in [-0.25, -0.2) is 0 Å². The van der Waals surface area contributed by atoms with Gasteiger partial charge in [-0.05, 0) is 37.0 Å². The minimum atomic E-state index is -0.264. The monoisotopic (exact) mass is 198 g/mol. The summed E-state index contributed by atoms with van der Waals surface area (Å²) in [4.78, 5) is 0. The van der Waals surface area contributed by atoms with Crippen molar-refractivity contribution in [2.24, 2.45) is 23.7 Å². The van der Waals surface area contributed by atoms with Crippen molar-refractivity contribution in [1.29, 1.82) is 0 Å². The Bertz CT molecular complexity index is 202.